The standard InChI is InChI=1S/C10H15N2.C5H5.Fe/c1-2-4-10(3-1)9-11-5-6-12-7-8-12;1-2-4-5-3-1;/h1-4,11H,5-9H2;1-5H;/q2*-1;+2. The van der Waals surface area contributed by atoms with Crippen LogP contribution in [0.15, 0.2) is 54.6 Å². The molecule has 0 unspecified atom stereocenters. The molecule has 3 rings (SSSR count). The Morgan fingerprint density at radius 1 is 1.11 bits per heavy atom. The van der Waals surface area contributed by atoms with Crippen molar-refractivity contribution in [2.24, 2.45) is 0 Å². The van der Waals surface area contributed by atoms with Crippen LogP contribution >= 0.6 is 0 Å². The molecule has 0 aliphatic carbocycles. The maximum atomic E-state index is 3.42. The van der Waals surface area contributed by atoms with Crippen molar-refractivity contribution in [3.8, 4) is 0 Å². The third-order valence-corrected chi connectivity index (χ3v) is 2.76. The van der Waals surface area contributed by atoms with Gasteiger partial charge >= 0.3 is 17.1 Å². The minimum Gasteiger partial charge on any atom is -0.323 e. The summed E-state index contributed by atoms with van der Waals surface area (Å²) in [7, 11) is 0. The van der Waals surface area contributed by atoms with Gasteiger partial charge in [0.05, 0.1) is 0 Å². The number of hydrogen-bond acceptors (Lipinski definition) is 2. The molecule has 1 N–H and O–H groups in total. The summed E-state index contributed by atoms with van der Waals surface area (Å²) < 4.78 is 0. The van der Waals surface area contributed by atoms with E-state index in [-0.39, 0.29) is 17.1 Å². The van der Waals surface area contributed by atoms with Crippen molar-refractivity contribution in [3.05, 3.63) is 60.2 Å². The van der Waals surface area contributed by atoms with Gasteiger partial charge in [-0.1, -0.05) is 0 Å². The number of hydrogen-bond donors (Lipinski definition) is 1. The van der Waals surface area contributed by atoms with E-state index < -0.39 is 0 Å². The van der Waals surface area contributed by atoms with Gasteiger partial charge in [-0.2, -0.15) is 42.0 Å². The van der Waals surface area contributed by atoms with E-state index in [0.29, 0.717) is 0 Å². The van der Waals surface area contributed by atoms with Crippen molar-refractivity contribution in [3.63, 3.8) is 0 Å². The van der Waals surface area contributed by atoms with E-state index in [0.717, 1.165) is 13.1 Å². The molecule has 0 radical (unpaired) electrons. The summed E-state index contributed by atoms with van der Waals surface area (Å²) in [4.78, 5) is 2.43. The summed E-state index contributed by atoms with van der Waals surface area (Å²) in [5.41, 5.74) is 1.39. The van der Waals surface area contributed by atoms with Gasteiger partial charge in [-0.05, 0) is 6.54 Å². The molecule has 2 aromatic rings. The van der Waals surface area contributed by atoms with Crippen LogP contribution < -0.4 is 5.32 Å². The molecule has 18 heavy (non-hydrogen) atoms. The monoisotopic (exact) mass is 284 g/mol. The molecule has 0 saturated carbocycles. The average molecular weight is 284 g/mol. The first-order valence-corrected chi connectivity index (χ1v) is 6.25. The Labute approximate surface area is 120 Å². The van der Waals surface area contributed by atoms with E-state index in [1.54, 1.807) is 0 Å². The predicted molar refractivity (Wildman–Crippen MR) is 72.2 cm³/mol. The Bertz CT molecular complexity index is 346. The van der Waals surface area contributed by atoms with Gasteiger partial charge in [0, 0.05) is 26.2 Å². The van der Waals surface area contributed by atoms with Gasteiger partial charge in [0.15, 0.2) is 0 Å². The maximum Gasteiger partial charge on any atom is 2.00 e. The Morgan fingerprint density at radius 3 is 2.39 bits per heavy atom. The molecule has 2 nitrogen and oxygen atoms in total. The zero-order valence-electron chi connectivity index (χ0n) is 10.5. The fourth-order valence-corrected chi connectivity index (χ4v) is 1.62. The van der Waals surface area contributed by atoms with E-state index in [2.05, 4.69) is 34.5 Å². The topological polar surface area (TPSA) is 15.0 Å². The summed E-state index contributed by atoms with van der Waals surface area (Å²) >= 11 is 0. The molecule has 0 aromatic heterocycles. The van der Waals surface area contributed by atoms with Crippen molar-refractivity contribution in [1.82, 2.24) is 10.2 Å². The first kappa shape index (κ1) is 15.2. The molecule has 0 amide bonds. The Hall–Kier alpha value is -0.861. The number of rotatable bonds is 5. The van der Waals surface area contributed by atoms with Gasteiger partial charge < -0.3 is 5.32 Å². The molecule has 1 aliphatic rings. The molecule has 1 heterocycles. The summed E-state index contributed by atoms with van der Waals surface area (Å²) in [5.74, 6) is 0. The van der Waals surface area contributed by atoms with Crippen LogP contribution in [0.3, 0.4) is 0 Å². The van der Waals surface area contributed by atoms with Gasteiger partial charge in [0.25, 0.3) is 0 Å². The molecule has 2 aromatic carbocycles. The molecule has 3 heteroatoms. The van der Waals surface area contributed by atoms with Crippen LogP contribution in [0.4, 0.5) is 0 Å². The predicted octanol–water partition coefficient (Wildman–Crippen LogP) is 2.21. The summed E-state index contributed by atoms with van der Waals surface area (Å²) in [5, 5.41) is 3.42. The van der Waals surface area contributed by atoms with Crippen LogP contribution in [0.25, 0.3) is 0 Å². The van der Waals surface area contributed by atoms with Crippen molar-refractivity contribution >= 4 is 0 Å². The van der Waals surface area contributed by atoms with Crippen molar-refractivity contribution in [1.29, 1.82) is 0 Å². The van der Waals surface area contributed by atoms with Crippen LogP contribution in [0.5, 0.6) is 0 Å². The van der Waals surface area contributed by atoms with Gasteiger partial charge in [-0.3, -0.25) is 4.90 Å². The fraction of sp³-hybridized carbons (Fsp3) is 0.333. The Balaban J connectivity index is 0.000000230. The maximum absolute atomic E-state index is 3.42. The molecule has 98 valence electrons. The van der Waals surface area contributed by atoms with E-state index in [1.807, 2.05) is 30.3 Å². The number of nitrogens with zero attached hydrogens (tertiary/aromatic N) is 1. The van der Waals surface area contributed by atoms with Crippen LogP contribution in [0.1, 0.15) is 5.56 Å². The summed E-state index contributed by atoms with van der Waals surface area (Å²) in [6.45, 7) is 5.95. The van der Waals surface area contributed by atoms with E-state index >= 15 is 0 Å². The third-order valence-electron chi connectivity index (χ3n) is 2.76. The van der Waals surface area contributed by atoms with Crippen LogP contribution in [0.2, 0.25) is 0 Å². The van der Waals surface area contributed by atoms with Gasteiger partial charge in [0.1, 0.15) is 0 Å². The molecule has 1 aliphatic heterocycles. The smallest absolute Gasteiger partial charge is 0.323 e. The van der Waals surface area contributed by atoms with Gasteiger partial charge in [0.2, 0.25) is 0 Å². The second kappa shape index (κ2) is 9.12. The van der Waals surface area contributed by atoms with Gasteiger partial charge in [-0.25, -0.2) is 18.2 Å². The molecule has 0 atom stereocenters. The van der Waals surface area contributed by atoms with E-state index in [1.165, 1.54) is 25.2 Å². The number of nitrogens with one attached hydrogen (secondary N) is 1. The molecule has 0 spiro atoms. The second-order valence-electron chi connectivity index (χ2n) is 4.27. The molecular weight excluding hydrogens is 264 g/mol. The minimum absolute atomic E-state index is 0. The second-order valence-corrected chi connectivity index (χ2v) is 4.27. The van der Waals surface area contributed by atoms with Crippen LogP contribution in [-0.2, 0) is 23.6 Å². The normalized spacial score (nSPS) is 13.3. The molecule has 1 saturated heterocycles. The summed E-state index contributed by atoms with van der Waals surface area (Å²) in [6.07, 6.45) is 0. The largest absolute Gasteiger partial charge is 2.00 e. The molecular formula is C15H20FeN2. The fourth-order valence-electron chi connectivity index (χ4n) is 1.62. The first-order valence-electron chi connectivity index (χ1n) is 6.25. The van der Waals surface area contributed by atoms with Crippen LogP contribution in [-0.4, -0.2) is 31.1 Å². The van der Waals surface area contributed by atoms with E-state index in [9.17, 15) is 0 Å². The quantitative estimate of drug-likeness (QED) is 0.392. The minimum atomic E-state index is 0. The first-order chi connectivity index (χ1) is 8.45. The van der Waals surface area contributed by atoms with E-state index in [4.69, 9.17) is 0 Å². The molecule has 1 fully saturated rings. The van der Waals surface area contributed by atoms with Gasteiger partial charge in [-0.15, -0.1) is 0 Å². The van der Waals surface area contributed by atoms with Crippen LogP contribution in [0, 0.1) is 0 Å². The third kappa shape index (κ3) is 6.77. The van der Waals surface area contributed by atoms with Crippen molar-refractivity contribution in [2.45, 2.75) is 6.54 Å². The zero-order valence-corrected chi connectivity index (χ0v) is 11.6. The zero-order chi connectivity index (χ0) is 11.8. The average Bonchev–Trinajstić information content (AvgIpc) is 2.89. The molecule has 0 bridgehead atoms. The summed E-state index contributed by atoms with van der Waals surface area (Å²) in [6, 6.07) is 18.5. The Kier molecular flexibility index (Phi) is 7.70. The van der Waals surface area contributed by atoms with Crippen molar-refractivity contribution in [2.75, 3.05) is 26.2 Å². The van der Waals surface area contributed by atoms with Crippen molar-refractivity contribution < 1.29 is 17.1 Å². The Morgan fingerprint density at radius 2 is 1.89 bits per heavy atom. The SMILES string of the molecule is [Fe+2].c1cc(CNCCN2CC2)c[cH-]1.c1cc[cH-]c1.